The molecule has 2 heterocycles. The summed E-state index contributed by atoms with van der Waals surface area (Å²) in [7, 11) is 1.88. The Labute approximate surface area is 316 Å². The zero-order valence-electron chi connectivity index (χ0n) is 33.3. The quantitative estimate of drug-likeness (QED) is 0.257. The van der Waals surface area contributed by atoms with Gasteiger partial charge >= 0.3 is 0 Å². The average molecular weight is 740 g/mol. The lowest BCUT2D eigenvalue weighted by atomic mass is 9.73. The van der Waals surface area contributed by atoms with Gasteiger partial charge in [0.15, 0.2) is 5.78 Å². The van der Waals surface area contributed by atoms with E-state index in [4.69, 9.17) is 4.74 Å². The molecule has 6 atom stereocenters. The summed E-state index contributed by atoms with van der Waals surface area (Å²) in [5, 5.41) is 9.17. The molecule has 0 aromatic heterocycles. The number of likely N-dealkylation sites (tertiary alicyclic amines) is 1. The van der Waals surface area contributed by atoms with E-state index in [1.807, 2.05) is 32.7 Å². The summed E-state index contributed by atoms with van der Waals surface area (Å²) in [6.45, 7) is 13.3. The summed E-state index contributed by atoms with van der Waals surface area (Å²) < 4.78 is 5.61. The van der Waals surface area contributed by atoms with E-state index in [0.29, 0.717) is 32.5 Å². The third-order valence-corrected chi connectivity index (χ3v) is 15.0. The van der Waals surface area contributed by atoms with Gasteiger partial charge in [0, 0.05) is 25.4 Å². The molecule has 6 rings (SSSR count). The summed E-state index contributed by atoms with van der Waals surface area (Å²) >= 11 is 0. The fourth-order valence-electron chi connectivity index (χ4n) is 11.0. The first kappa shape index (κ1) is 39.8. The van der Waals surface area contributed by atoms with E-state index in [0.717, 1.165) is 70.6 Å². The number of morpholine rings is 1. The topological polar surface area (TPSA) is 154 Å². The van der Waals surface area contributed by atoms with Crippen molar-refractivity contribution in [2.45, 2.75) is 155 Å². The van der Waals surface area contributed by atoms with Crippen molar-refractivity contribution in [2.75, 3.05) is 33.4 Å². The number of rotatable bonds is 12. The highest BCUT2D eigenvalue weighted by Gasteiger charge is 2.85. The van der Waals surface area contributed by atoms with E-state index in [-0.39, 0.29) is 52.4 Å². The van der Waals surface area contributed by atoms with Gasteiger partial charge in [-0.1, -0.05) is 79.6 Å². The summed E-state index contributed by atoms with van der Waals surface area (Å²) in [6.07, 6.45) is 11.7. The maximum absolute atomic E-state index is 15.1. The molecule has 296 valence electrons. The molecule has 2 saturated heterocycles. The van der Waals surface area contributed by atoms with Gasteiger partial charge in [-0.3, -0.25) is 33.7 Å². The van der Waals surface area contributed by atoms with E-state index in [9.17, 15) is 24.0 Å². The number of likely N-dealkylation sites (N-methyl/N-ethyl adjacent to an activating group) is 1. The second kappa shape index (κ2) is 15.0. The Balaban J connectivity index is 1.27. The fourth-order valence-corrected chi connectivity index (χ4v) is 11.0. The molecule has 2 spiro atoms. The van der Waals surface area contributed by atoms with Crippen LogP contribution in [0.5, 0.6) is 0 Å². The molecule has 0 bridgehead atoms. The normalized spacial score (nSPS) is 30.1. The molecule has 4 saturated carbocycles. The van der Waals surface area contributed by atoms with Gasteiger partial charge in [-0.2, -0.15) is 0 Å². The summed E-state index contributed by atoms with van der Waals surface area (Å²) in [4.78, 5) is 86.6. The lowest BCUT2D eigenvalue weighted by molar-refractivity contribution is -0.145. The molecule has 12 nitrogen and oxygen atoms in total. The highest BCUT2D eigenvalue weighted by Crippen LogP contribution is 2.88. The molecule has 2 aliphatic heterocycles. The van der Waals surface area contributed by atoms with E-state index in [1.165, 1.54) is 6.92 Å². The van der Waals surface area contributed by atoms with E-state index in [2.05, 4.69) is 29.8 Å². The largest absolute Gasteiger partial charge is 0.378 e. The fraction of sp³-hybridized carbons (Fsp3) is 0.854. The van der Waals surface area contributed by atoms with Crippen LogP contribution in [0.25, 0.3) is 0 Å². The molecular formula is C41H65N5O7. The number of carbonyl (C=O) groups excluding carboxylic acids is 6. The van der Waals surface area contributed by atoms with Gasteiger partial charge in [0.1, 0.15) is 24.2 Å². The van der Waals surface area contributed by atoms with Gasteiger partial charge in [-0.05, 0) is 73.7 Å². The van der Waals surface area contributed by atoms with Crippen LogP contribution in [0.3, 0.4) is 0 Å². The van der Waals surface area contributed by atoms with Crippen LogP contribution < -0.4 is 16.0 Å². The van der Waals surface area contributed by atoms with Crippen molar-refractivity contribution in [2.24, 2.45) is 33.5 Å². The smallest absolute Gasteiger partial charge is 0.246 e. The average Bonchev–Trinajstić information content (AvgIpc) is 3.27. The van der Waals surface area contributed by atoms with E-state index >= 15 is 4.79 Å². The maximum Gasteiger partial charge on any atom is 0.246 e. The maximum atomic E-state index is 15.1. The van der Waals surface area contributed by atoms with Crippen molar-refractivity contribution < 1.29 is 33.5 Å². The molecule has 12 heteroatoms. The number of nitrogens with zero attached hydrogens (tertiary/aromatic N) is 2. The number of amides is 4. The number of nitrogens with one attached hydrogen (secondary N) is 3. The molecule has 4 aliphatic carbocycles. The summed E-state index contributed by atoms with van der Waals surface area (Å²) in [6, 6.07) is -4.07. The Hall–Kier alpha value is -2.86. The Bertz CT molecular complexity index is 1460. The van der Waals surface area contributed by atoms with Crippen LogP contribution in [0, 0.1) is 33.5 Å². The minimum atomic E-state index is -0.979. The SMILES string of the molecule is CC(=O)C(=O)C(CC1CCC1)NC(=O)C1C[C@@]2(CN1C(=O)[C@@H](NC(=O)[C@@H](NC(=O)[C@@H]1COCCN1C)C1CCCCC1)C(C)(C)C)C(C)(C)C21CCC1. The number of ether oxygens (including phenoxy) is 1. The van der Waals surface area contributed by atoms with Crippen molar-refractivity contribution >= 4 is 35.2 Å². The molecule has 6 aliphatic rings. The van der Waals surface area contributed by atoms with E-state index < -0.39 is 53.1 Å². The van der Waals surface area contributed by atoms with Gasteiger partial charge in [-0.15, -0.1) is 0 Å². The zero-order chi connectivity index (χ0) is 38.5. The molecule has 2 unspecified atom stereocenters. The standard InChI is InChI=1S/C41H65N5O7/c1-25(47)32(48)28(21-26-13-11-14-26)42-34(49)29-22-41(39(5,6)40(41)17-12-18-40)24-46(29)37(52)33(38(2,3)4)44-36(51)31(27-15-9-8-10-16-27)43-35(50)30-23-53-20-19-45(30)7/h26-31,33H,8-24H2,1-7H3,(H,42,49)(H,43,50)(H,44,51)/t28?,29?,30-,31-,33+,41+/m0/s1. The minimum absolute atomic E-state index is 0.0426. The number of hydrogen-bond acceptors (Lipinski definition) is 8. The number of hydrogen-bond donors (Lipinski definition) is 3. The van der Waals surface area contributed by atoms with Gasteiger partial charge in [0.25, 0.3) is 0 Å². The predicted octanol–water partition coefficient (Wildman–Crippen LogP) is 3.54. The molecule has 0 radical (unpaired) electrons. The lowest BCUT2D eigenvalue weighted by Crippen LogP contribution is -2.63. The molecule has 0 aromatic rings. The first-order chi connectivity index (χ1) is 24.9. The third-order valence-electron chi connectivity index (χ3n) is 15.0. The molecule has 4 amide bonds. The Kier molecular flexibility index (Phi) is 11.3. The third kappa shape index (κ3) is 7.20. The second-order valence-corrected chi connectivity index (χ2v) is 19.1. The molecule has 6 fully saturated rings. The van der Waals surface area contributed by atoms with Crippen molar-refractivity contribution in [1.29, 1.82) is 0 Å². The molecular weight excluding hydrogens is 674 g/mol. The second-order valence-electron chi connectivity index (χ2n) is 19.1. The van der Waals surface area contributed by atoms with Gasteiger partial charge in [0.05, 0.1) is 19.3 Å². The highest BCUT2D eigenvalue weighted by molar-refractivity contribution is 6.38. The van der Waals surface area contributed by atoms with Crippen molar-refractivity contribution in [3.05, 3.63) is 0 Å². The number of ketones is 2. The summed E-state index contributed by atoms with van der Waals surface area (Å²) in [5.41, 5.74) is -1.03. The summed E-state index contributed by atoms with van der Waals surface area (Å²) in [5.74, 6) is -2.35. The first-order valence-corrected chi connectivity index (χ1v) is 20.5. The van der Waals surface area contributed by atoms with Crippen LogP contribution in [-0.2, 0) is 33.5 Å². The Morgan fingerprint density at radius 2 is 1.49 bits per heavy atom. The Morgan fingerprint density at radius 1 is 0.830 bits per heavy atom. The van der Waals surface area contributed by atoms with Crippen molar-refractivity contribution in [3.8, 4) is 0 Å². The van der Waals surface area contributed by atoms with Crippen molar-refractivity contribution in [3.63, 3.8) is 0 Å². The number of fused-ring (bicyclic) bond motifs is 1. The molecule has 0 aromatic carbocycles. The zero-order valence-corrected chi connectivity index (χ0v) is 33.3. The first-order valence-electron chi connectivity index (χ1n) is 20.5. The minimum Gasteiger partial charge on any atom is -0.378 e. The van der Waals surface area contributed by atoms with E-state index in [1.54, 1.807) is 4.90 Å². The highest BCUT2D eigenvalue weighted by atomic mass is 16.5. The van der Waals surface area contributed by atoms with Crippen molar-refractivity contribution in [1.82, 2.24) is 25.8 Å². The lowest BCUT2D eigenvalue weighted by Gasteiger charge is -2.38. The predicted molar refractivity (Wildman–Crippen MR) is 199 cm³/mol. The van der Waals surface area contributed by atoms with Crippen LogP contribution in [0.1, 0.15) is 125 Å². The van der Waals surface area contributed by atoms with Crippen LogP contribution in [-0.4, -0.2) is 109 Å². The number of Topliss-reactive ketones (excluding diaryl/α,β-unsaturated/α-hetero) is 2. The van der Waals surface area contributed by atoms with Gasteiger partial charge < -0.3 is 25.6 Å². The van der Waals surface area contributed by atoms with Crippen LogP contribution in [0.2, 0.25) is 0 Å². The van der Waals surface area contributed by atoms with Gasteiger partial charge in [0.2, 0.25) is 29.4 Å². The molecule has 3 N–H and O–H groups in total. The Morgan fingerprint density at radius 3 is 2.02 bits per heavy atom. The molecule has 53 heavy (non-hydrogen) atoms. The van der Waals surface area contributed by atoms with Gasteiger partial charge in [-0.25, -0.2) is 0 Å². The van der Waals surface area contributed by atoms with Crippen LogP contribution in [0.15, 0.2) is 0 Å². The number of carbonyl (C=O) groups is 6. The van der Waals surface area contributed by atoms with Crippen LogP contribution in [0.4, 0.5) is 0 Å². The monoisotopic (exact) mass is 739 g/mol. The van der Waals surface area contributed by atoms with Crippen LogP contribution >= 0.6 is 0 Å².